The van der Waals surface area contributed by atoms with Gasteiger partial charge in [0.05, 0.1) is 24.7 Å². The maximum atomic E-state index is 12.4. The molecule has 0 radical (unpaired) electrons. The van der Waals surface area contributed by atoms with E-state index in [0.717, 1.165) is 0 Å². The zero-order valence-corrected chi connectivity index (χ0v) is 12.7. The lowest BCUT2D eigenvalue weighted by Crippen LogP contribution is -2.48. The molecule has 20 heavy (non-hydrogen) atoms. The summed E-state index contributed by atoms with van der Waals surface area (Å²) < 4.78 is 30.0. The number of hydrogen-bond acceptors (Lipinski definition) is 5. The maximum Gasteiger partial charge on any atom is 0.253 e. The Hall–Kier alpha value is -0.700. The molecule has 1 aromatic carbocycles. The number of hydrazine groups is 1. The summed E-state index contributed by atoms with van der Waals surface area (Å²) >= 11 is 5.91. The summed E-state index contributed by atoms with van der Waals surface area (Å²) in [6.45, 7) is 3.34. The molecular weight excluding hydrogens is 304 g/mol. The molecule has 0 saturated carbocycles. The van der Waals surface area contributed by atoms with Gasteiger partial charge < -0.3 is 9.84 Å². The predicted molar refractivity (Wildman–Crippen MR) is 74.8 cm³/mol. The van der Waals surface area contributed by atoms with Crippen molar-refractivity contribution in [2.24, 2.45) is 0 Å². The Morgan fingerprint density at radius 3 is 2.65 bits per heavy atom. The second-order valence-corrected chi connectivity index (χ2v) is 6.61. The van der Waals surface area contributed by atoms with E-state index in [4.69, 9.17) is 16.3 Å². The van der Waals surface area contributed by atoms with Gasteiger partial charge in [-0.3, -0.25) is 0 Å². The van der Waals surface area contributed by atoms with Crippen molar-refractivity contribution in [1.82, 2.24) is 9.84 Å². The van der Waals surface area contributed by atoms with E-state index in [1.165, 1.54) is 6.07 Å². The number of benzene rings is 1. The number of nitrogens with zero attached hydrogens (tertiary/aromatic N) is 1. The Balaban J connectivity index is 2.31. The van der Waals surface area contributed by atoms with Crippen molar-refractivity contribution in [2.75, 3.05) is 26.3 Å². The molecule has 1 aliphatic heterocycles. The molecule has 1 aliphatic rings. The number of rotatable bonds is 4. The van der Waals surface area contributed by atoms with Gasteiger partial charge in [-0.15, -0.1) is 4.83 Å². The molecule has 0 aliphatic carbocycles. The minimum atomic E-state index is -3.72. The second-order valence-electron chi connectivity index (χ2n) is 4.54. The molecule has 2 N–H and O–H groups in total. The molecule has 0 atom stereocenters. The van der Waals surface area contributed by atoms with Gasteiger partial charge in [-0.05, 0) is 30.2 Å². The molecule has 0 unspecified atom stereocenters. The van der Waals surface area contributed by atoms with Crippen molar-refractivity contribution in [3.8, 4) is 0 Å². The molecule has 0 spiro atoms. The van der Waals surface area contributed by atoms with Gasteiger partial charge in [0, 0.05) is 18.1 Å². The van der Waals surface area contributed by atoms with Crippen molar-refractivity contribution < 1.29 is 18.3 Å². The van der Waals surface area contributed by atoms with Crippen LogP contribution in [-0.2, 0) is 21.4 Å². The standard InChI is InChI=1S/C12H17ClN2O4S/c1-9-10(8-16)6-11(13)7-12(9)20(17,18)14-15-2-4-19-5-3-15/h6-7,14,16H,2-5,8H2,1H3. The van der Waals surface area contributed by atoms with Gasteiger partial charge in [0.25, 0.3) is 10.0 Å². The van der Waals surface area contributed by atoms with Crippen LogP contribution in [0.2, 0.25) is 5.02 Å². The van der Waals surface area contributed by atoms with Crippen molar-refractivity contribution in [2.45, 2.75) is 18.4 Å². The van der Waals surface area contributed by atoms with Crippen LogP contribution in [0.3, 0.4) is 0 Å². The highest BCUT2D eigenvalue weighted by molar-refractivity contribution is 7.89. The summed E-state index contributed by atoms with van der Waals surface area (Å²) in [7, 11) is -3.72. The number of nitrogens with one attached hydrogen (secondary N) is 1. The zero-order chi connectivity index (χ0) is 14.8. The van der Waals surface area contributed by atoms with Crippen molar-refractivity contribution >= 4 is 21.6 Å². The summed E-state index contributed by atoms with van der Waals surface area (Å²) in [5.41, 5.74) is 0.998. The van der Waals surface area contributed by atoms with Crippen LogP contribution in [0.1, 0.15) is 11.1 Å². The first-order valence-electron chi connectivity index (χ1n) is 6.19. The number of morpholine rings is 1. The molecule has 2 rings (SSSR count). The van der Waals surface area contributed by atoms with E-state index < -0.39 is 10.0 Å². The topological polar surface area (TPSA) is 78.9 Å². The predicted octanol–water partition coefficient (Wildman–Crippen LogP) is 0.666. The van der Waals surface area contributed by atoms with Gasteiger partial charge in [0.1, 0.15) is 0 Å². The smallest absolute Gasteiger partial charge is 0.253 e. The number of halogens is 1. The lowest BCUT2D eigenvalue weighted by Gasteiger charge is -2.27. The number of aliphatic hydroxyl groups is 1. The number of hydrogen-bond donors (Lipinski definition) is 2. The fourth-order valence-corrected chi connectivity index (χ4v) is 3.77. The van der Waals surface area contributed by atoms with Crippen LogP contribution < -0.4 is 4.83 Å². The average Bonchev–Trinajstić information content (AvgIpc) is 2.41. The fraction of sp³-hybridized carbons (Fsp3) is 0.500. The molecule has 8 heteroatoms. The van der Waals surface area contributed by atoms with Gasteiger partial charge in [-0.25, -0.2) is 13.4 Å². The summed E-state index contributed by atoms with van der Waals surface area (Å²) in [6, 6.07) is 2.95. The third-order valence-electron chi connectivity index (χ3n) is 3.15. The Kier molecular flexibility index (Phi) is 5.00. The van der Waals surface area contributed by atoms with E-state index in [1.54, 1.807) is 18.0 Å². The molecule has 0 aromatic heterocycles. The van der Waals surface area contributed by atoms with Crippen LogP contribution >= 0.6 is 11.6 Å². The second kappa shape index (κ2) is 6.38. The van der Waals surface area contributed by atoms with E-state index >= 15 is 0 Å². The first-order valence-corrected chi connectivity index (χ1v) is 8.05. The van der Waals surface area contributed by atoms with Crippen LogP contribution in [0.5, 0.6) is 0 Å². The van der Waals surface area contributed by atoms with Crippen molar-refractivity contribution in [3.63, 3.8) is 0 Å². The van der Waals surface area contributed by atoms with E-state index in [-0.39, 0.29) is 16.5 Å². The average molecular weight is 321 g/mol. The Labute approximate surface area is 123 Å². The van der Waals surface area contributed by atoms with Gasteiger partial charge in [-0.1, -0.05) is 11.6 Å². The molecule has 0 amide bonds. The maximum absolute atomic E-state index is 12.4. The molecule has 1 heterocycles. The molecule has 1 fully saturated rings. The van der Waals surface area contributed by atoms with E-state index in [1.807, 2.05) is 0 Å². The van der Waals surface area contributed by atoms with Crippen molar-refractivity contribution in [1.29, 1.82) is 0 Å². The molecular formula is C12H17ClN2O4S. The zero-order valence-electron chi connectivity index (χ0n) is 11.1. The number of aliphatic hydroxyl groups excluding tert-OH is 1. The third kappa shape index (κ3) is 3.49. The molecule has 1 aromatic rings. The monoisotopic (exact) mass is 320 g/mol. The van der Waals surface area contributed by atoms with Gasteiger partial charge in [-0.2, -0.15) is 0 Å². The molecule has 6 nitrogen and oxygen atoms in total. The minimum Gasteiger partial charge on any atom is -0.392 e. The first kappa shape index (κ1) is 15.7. The highest BCUT2D eigenvalue weighted by atomic mass is 35.5. The van der Waals surface area contributed by atoms with E-state index in [2.05, 4.69) is 4.83 Å². The van der Waals surface area contributed by atoms with Crippen LogP contribution in [0, 0.1) is 6.92 Å². The SMILES string of the molecule is Cc1c(CO)cc(Cl)cc1S(=O)(=O)NN1CCOCC1. The fourth-order valence-electron chi connectivity index (χ4n) is 2.03. The lowest BCUT2D eigenvalue weighted by molar-refractivity contribution is 0.0272. The summed E-state index contributed by atoms with van der Waals surface area (Å²) in [4.78, 5) is 2.60. The molecule has 0 bridgehead atoms. The minimum absolute atomic E-state index is 0.0838. The van der Waals surface area contributed by atoms with Crippen LogP contribution in [0.15, 0.2) is 17.0 Å². The molecule has 1 saturated heterocycles. The normalized spacial score (nSPS) is 17.4. The van der Waals surface area contributed by atoms with Crippen molar-refractivity contribution in [3.05, 3.63) is 28.3 Å². The van der Waals surface area contributed by atoms with Gasteiger partial charge in [0.15, 0.2) is 0 Å². The lowest BCUT2D eigenvalue weighted by atomic mass is 10.1. The van der Waals surface area contributed by atoms with Crippen LogP contribution in [-0.4, -0.2) is 44.8 Å². The number of sulfonamides is 1. The van der Waals surface area contributed by atoms with Crippen LogP contribution in [0.25, 0.3) is 0 Å². The number of ether oxygens (including phenoxy) is 1. The highest BCUT2D eigenvalue weighted by Crippen LogP contribution is 2.24. The van der Waals surface area contributed by atoms with E-state index in [9.17, 15) is 13.5 Å². The Bertz CT molecular complexity index is 585. The Morgan fingerprint density at radius 1 is 1.40 bits per heavy atom. The molecule has 112 valence electrons. The van der Waals surface area contributed by atoms with E-state index in [0.29, 0.717) is 37.4 Å². The first-order chi connectivity index (χ1) is 9.44. The Morgan fingerprint density at radius 2 is 2.05 bits per heavy atom. The van der Waals surface area contributed by atoms with Crippen LogP contribution in [0.4, 0.5) is 0 Å². The third-order valence-corrected chi connectivity index (χ3v) is 4.87. The highest BCUT2D eigenvalue weighted by Gasteiger charge is 2.23. The van der Waals surface area contributed by atoms with Gasteiger partial charge >= 0.3 is 0 Å². The summed E-state index contributed by atoms with van der Waals surface area (Å²) in [5.74, 6) is 0. The summed E-state index contributed by atoms with van der Waals surface area (Å²) in [6.07, 6.45) is 0. The quantitative estimate of drug-likeness (QED) is 0.852. The largest absolute Gasteiger partial charge is 0.392 e. The summed E-state index contributed by atoms with van der Waals surface area (Å²) in [5, 5.41) is 11.1. The van der Waals surface area contributed by atoms with Gasteiger partial charge in [0.2, 0.25) is 0 Å².